The second kappa shape index (κ2) is 13.6. The summed E-state index contributed by atoms with van der Waals surface area (Å²) in [5, 5.41) is 14.6. The molecule has 0 spiro atoms. The fourth-order valence-electron chi connectivity index (χ4n) is 5.28. The number of rotatable bonds is 12. The molecule has 1 aliphatic rings. The molecule has 0 saturated heterocycles. The number of non-ortho nitro benzene ring substituents is 1. The van der Waals surface area contributed by atoms with Crippen molar-refractivity contribution in [3.05, 3.63) is 106 Å². The number of sulfonamides is 1. The fourth-order valence-corrected chi connectivity index (χ4v) is 6.18. The lowest BCUT2D eigenvalue weighted by atomic mass is 10.0. The highest BCUT2D eigenvalue weighted by atomic mass is 32.2. The predicted molar refractivity (Wildman–Crippen MR) is 161 cm³/mol. The van der Waals surface area contributed by atoms with Crippen molar-refractivity contribution in [2.45, 2.75) is 57.7 Å². The van der Waals surface area contributed by atoms with Gasteiger partial charge in [0.05, 0.1) is 16.9 Å². The number of nitrogens with zero attached hydrogens (tertiary/aromatic N) is 3. The van der Waals surface area contributed by atoms with Crippen LogP contribution in [0.15, 0.2) is 78.9 Å². The van der Waals surface area contributed by atoms with Crippen LogP contribution in [-0.2, 0) is 32.6 Å². The number of nitro groups is 1. The molecule has 0 aliphatic heterocycles. The first-order valence-corrected chi connectivity index (χ1v) is 15.8. The monoisotopic (exact) mass is 592 g/mol. The minimum absolute atomic E-state index is 0.0180. The van der Waals surface area contributed by atoms with E-state index in [2.05, 4.69) is 5.32 Å². The van der Waals surface area contributed by atoms with E-state index in [4.69, 9.17) is 0 Å². The molecule has 1 fully saturated rings. The van der Waals surface area contributed by atoms with E-state index in [0.29, 0.717) is 5.56 Å². The van der Waals surface area contributed by atoms with Crippen molar-refractivity contribution in [3.8, 4) is 0 Å². The van der Waals surface area contributed by atoms with Crippen molar-refractivity contribution in [2.24, 2.45) is 0 Å². The van der Waals surface area contributed by atoms with Crippen LogP contribution in [0.2, 0.25) is 0 Å². The molecule has 0 bridgehead atoms. The van der Waals surface area contributed by atoms with E-state index in [9.17, 15) is 28.1 Å². The molecular weight excluding hydrogens is 556 g/mol. The van der Waals surface area contributed by atoms with Gasteiger partial charge < -0.3 is 10.2 Å². The van der Waals surface area contributed by atoms with Crippen LogP contribution in [-0.4, -0.2) is 54.9 Å². The normalized spacial score (nSPS) is 14.2. The lowest BCUT2D eigenvalue weighted by Crippen LogP contribution is -2.54. The Morgan fingerprint density at radius 2 is 1.57 bits per heavy atom. The van der Waals surface area contributed by atoms with Gasteiger partial charge in [0.25, 0.3) is 5.69 Å². The lowest BCUT2D eigenvalue weighted by Gasteiger charge is -2.34. The number of anilines is 1. The standard InChI is InChI=1S/C31H36N4O6S/c1-23-17-18-27(35(38)39)20-28(23)34(42(2,40)41)22-30(36)33(21-25-13-7-4-8-14-25)29(19-24-11-5-3-6-12-24)31(37)32-26-15-9-10-16-26/h3-8,11-14,17-18,20,26,29H,9-10,15-16,19,21-22H2,1-2H3,(H,32,37). The Balaban J connectivity index is 1.74. The summed E-state index contributed by atoms with van der Waals surface area (Å²) < 4.78 is 26.9. The highest BCUT2D eigenvalue weighted by molar-refractivity contribution is 7.92. The maximum absolute atomic E-state index is 14.2. The van der Waals surface area contributed by atoms with E-state index < -0.39 is 33.4 Å². The summed E-state index contributed by atoms with van der Waals surface area (Å²) in [6.07, 6.45) is 4.95. The first kappa shape index (κ1) is 30.7. The quantitative estimate of drug-likeness (QED) is 0.246. The molecule has 3 aromatic rings. The maximum Gasteiger partial charge on any atom is 0.271 e. The van der Waals surface area contributed by atoms with E-state index in [1.807, 2.05) is 60.7 Å². The summed E-state index contributed by atoms with van der Waals surface area (Å²) in [5.74, 6) is -0.898. The summed E-state index contributed by atoms with van der Waals surface area (Å²) >= 11 is 0. The maximum atomic E-state index is 14.2. The third-order valence-corrected chi connectivity index (χ3v) is 8.65. The average Bonchev–Trinajstić information content (AvgIpc) is 3.47. The lowest BCUT2D eigenvalue weighted by molar-refractivity contribution is -0.384. The molecule has 0 heterocycles. The van der Waals surface area contributed by atoms with Gasteiger partial charge in [-0.1, -0.05) is 79.6 Å². The van der Waals surface area contributed by atoms with Gasteiger partial charge in [-0.25, -0.2) is 8.42 Å². The molecule has 11 heteroatoms. The van der Waals surface area contributed by atoms with Gasteiger partial charge in [-0.2, -0.15) is 0 Å². The number of hydrogen-bond acceptors (Lipinski definition) is 6. The average molecular weight is 593 g/mol. The summed E-state index contributed by atoms with van der Waals surface area (Å²) in [6.45, 7) is 1.06. The summed E-state index contributed by atoms with van der Waals surface area (Å²) in [5.41, 5.74) is 1.82. The molecule has 1 unspecified atom stereocenters. The molecule has 0 radical (unpaired) electrons. The molecule has 10 nitrogen and oxygen atoms in total. The van der Waals surface area contributed by atoms with Crippen LogP contribution in [0.25, 0.3) is 0 Å². The number of hydrogen-bond donors (Lipinski definition) is 1. The molecule has 4 rings (SSSR count). The molecule has 42 heavy (non-hydrogen) atoms. The van der Waals surface area contributed by atoms with Crippen molar-refractivity contribution >= 4 is 33.2 Å². The van der Waals surface area contributed by atoms with E-state index in [-0.39, 0.29) is 36.3 Å². The van der Waals surface area contributed by atoms with E-state index in [1.54, 1.807) is 6.92 Å². The molecule has 1 N–H and O–H groups in total. The number of nitrogens with one attached hydrogen (secondary N) is 1. The van der Waals surface area contributed by atoms with E-state index in [0.717, 1.165) is 53.4 Å². The molecule has 0 aromatic heterocycles. The fraction of sp³-hybridized carbons (Fsp3) is 0.355. The topological polar surface area (TPSA) is 130 Å². The van der Waals surface area contributed by atoms with Gasteiger partial charge in [0.15, 0.2) is 0 Å². The van der Waals surface area contributed by atoms with Gasteiger partial charge in [0.2, 0.25) is 21.8 Å². The Kier molecular flexibility index (Phi) is 9.95. The number of aryl methyl sites for hydroxylation is 1. The molecule has 3 aromatic carbocycles. The molecule has 222 valence electrons. The Morgan fingerprint density at radius 1 is 0.976 bits per heavy atom. The van der Waals surface area contributed by atoms with Crippen LogP contribution in [0.4, 0.5) is 11.4 Å². The first-order valence-electron chi connectivity index (χ1n) is 13.9. The minimum Gasteiger partial charge on any atom is -0.352 e. The Labute approximate surface area is 246 Å². The Hall–Kier alpha value is -4.25. The van der Waals surface area contributed by atoms with Crippen LogP contribution >= 0.6 is 0 Å². The molecule has 2 amide bonds. The van der Waals surface area contributed by atoms with Gasteiger partial charge in [0, 0.05) is 31.1 Å². The van der Waals surface area contributed by atoms with Crippen LogP contribution in [0.1, 0.15) is 42.4 Å². The molecule has 1 aliphatic carbocycles. The first-order chi connectivity index (χ1) is 20.0. The third-order valence-electron chi connectivity index (χ3n) is 7.52. The number of nitro benzene ring substituents is 1. The highest BCUT2D eigenvalue weighted by Gasteiger charge is 2.34. The number of benzene rings is 3. The number of carbonyl (C=O) groups excluding carboxylic acids is 2. The van der Waals surface area contributed by atoms with Crippen LogP contribution in [0, 0.1) is 17.0 Å². The smallest absolute Gasteiger partial charge is 0.271 e. The van der Waals surface area contributed by atoms with Gasteiger partial charge in [-0.3, -0.25) is 24.0 Å². The second-order valence-electron chi connectivity index (χ2n) is 10.7. The predicted octanol–water partition coefficient (Wildman–Crippen LogP) is 4.37. The van der Waals surface area contributed by atoms with E-state index in [1.165, 1.54) is 17.0 Å². The van der Waals surface area contributed by atoms with Gasteiger partial charge >= 0.3 is 0 Å². The minimum atomic E-state index is -4.05. The SMILES string of the molecule is Cc1ccc([N+](=O)[O-])cc1N(CC(=O)N(Cc1ccccc1)C(Cc1ccccc1)C(=O)NC1CCCC1)S(C)(=O)=O. The van der Waals surface area contributed by atoms with Gasteiger partial charge in [0.1, 0.15) is 12.6 Å². The van der Waals surface area contributed by atoms with Gasteiger partial charge in [-0.15, -0.1) is 0 Å². The largest absolute Gasteiger partial charge is 0.352 e. The Bertz CT molecular complexity index is 1510. The van der Waals surface area contributed by atoms with Crippen LogP contribution in [0.3, 0.4) is 0 Å². The third kappa shape index (κ3) is 7.94. The second-order valence-corrected chi connectivity index (χ2v) is 12.6. The van der Waals surface area contributed by atoms with Crippen molar-refractivity contribution in [1.29, 1.82) is 0 Å². The summed E-state index contributed by atoms with van der Waals surface area (Å²) in [7, 11) is -4.05. The van der Waals surface area contributed by atoms with Crippen molar-refractivity contribution in [2.75, 3.05) is 17.1 Å². The van der Waals surface area contributed by atoms with Crippen molar-refractivity contribution in [3.63, 3.8) is 0 Å². The zero-order valence-corrected chi connectivity index (χ0v) is 24.6. The zero-order chi connectivity index (χ0) is 30.3. The van der Waals surface area contributed by atoms with Crippen LogP contribution in [0.5, 0.6) is 0 Å². The molecule has 1 atom stereocenters. The molecule has 1 saturated carbocycles. The summed E-state index contributed by atoms with van der Waals surface area (Å²) in [6, 6.07) is 21.5. The van der Waals surface area contributed by atoms with Crippen LogP contribution < -0.4 is 9.62 Å². The number of carbonyl (C=O) groups is 2. The van der Waals surface area contributed by atoms with Crippen molar-refractivity contribution in [1.82, 2.24) is 10.2 Å². The molecular formula is C31H36N4O6S. The summed E-state index contributed by atoms with van der Waals surface area (Å²) in [4.78, 5) is 40.3. The van der Waals surface area contributed by atoms with E-state index >= 15 is 0 Å². The zero-order valence-electron chi connectivity index (χ0n) is 23.8. The van der Waals surface area contributed by atoms with Crippen molar-refractivity contribution < 1.29 is 22.9 Å². The number of amides is 2. The highest BCUT2D eigenvalue weighted by Crippen LogP contribution is 2.28. The van der Waals surface area contributed by atoms with Gasteiger partial charge in [-0.05, 0) is 36.5 Å². The Morgan fingerprint density at radius 3 is 2.14 bits per heavy atom.